The van der Waals surface area contributed by atoms with Crippen LogP contribution >= 0.6 is 11.6 Å². The molecule has 3 nitrogen and oxygen atoms in total. The summed E-state index contributed by atoms with van der Waals surface area (Å²) in [5.74, 6) is -1.06. The molecule has 20 heavy (non-hydrogen) atoms. The van der Waals surface area contributed by atoms with Gasteiger partial charge in [0.15, 0.2) is 0 Å². The van der Waals surface area contributed by atoms with Crippen molar-refractivity contribution in [2.24, 2.45) is 0 Å². The largest absolute Gasteiger partial charge is 0.390 e. The first-order chi connectivity index (χ1) is 9.08. The quantitative estimate of drug-likeness (QED) is 0.613. The Hall–Kier alpha value is -0.860. The monoisotopic (exact) mass is 333 g/mol. The summed E-state index contributed by atoms with van der Waals surface area (Å²) in [6.07, 6.45) is -5.79. The molecule has 1 aromatic carbocycles. The van der Waals surface area contributed by atoms with Crippen LogP contribution in [-0.4, -0.2) is 32.5 Å². The third-order valence-corrected chi connectivity index (χ3v) is 4.73. The fraction of sp³-hybridized carbons (Fsp3) is 0.455. The lowest BCUT2D eigenvalue weighted by molar-refractivity contribution is -0.135. The number of sulfonamides is 1. The molecule has 0 aliphatic rings. The molecule has 0 saturated heterocycles. The van der Waals surface area contributed by atoms with E-state index >= 15 is 0 Å². The molecular weight excluding hydrogens is 322 g/mol. The highest BCUT2D eigenvalue weighted by Gasteiger charge is 2.31. The Balaban J connectivity index is 3.04. The number of nitrogens with zero attached hydrogens (tertiary/aromatic N) is 1. The summed E-state index contributed by atoms with van der Waals surface area (Å²) in [4.78, 5) is -0.680. The molecule has 0 atom stereocenters. The SMILES string of the molecule is CN(CCC(F)(F)F)S(=O)(=O)c1cc(CCl)ccc1F. The van der Waals surface area contributed by atoms with Crippen LogP contribution in [0.2, 0.25) is 0 Å². The maximum absolute atomic E-state index is 13.6. The summed E-state index contributed by atoms with van der Waals surface area (Å²) in [5.41, 5.74) is 0.357. The average Bonchev–Trinajstić information content (AvgIpc) is 2.35. The first-order valence-electron chi connectivity index (χ1n) is 5.45. The van der Waals surface area contributed by atoms with Crippen molar-refractivity contribution >= 4 is 21.6 Å². The van der Waals surface area contributed by atoms with Gasteiger partial charge in [0.1, 0.15) is 10.7 Å². The van der Waals surface area contributed by atoms with E-state index in [9.17, 15) is 26.0 Å². The molecule has 0 fully saturated rings. The topological polar surface area (TPSA) is 37.4 Å². The second-order valence-corrected chi connectivity index (χ2v) is 6.37. The van der Waals surface area contributed by atoms with Gasteiger partial charge < -0.3 is 0 Å². The van der Waals surface area contributed by atoms with Gasteiger partial charge >= 0.3 is 6.18 Å². The van der Waals surface area contributed by atoms with E-state index in [0.717, 1.165) is 19.2 Å². The van der Waals surface area contributed by atoms with Gasteiger partial charge in [-0.3, -0.25) is 0 Å². The van der Waals surface area contributed by atoms with Crippen LogP contribution in [0.1, 0.15) is 12.0 Å². The van der Waals surface area contributed by atoms with Crippen LogP contribution in [0.5, 0.6) is 0 Å². The predicted octanol–water partition coefficient (Wildman–Crippen LogP) is 3.14. The Morgan fingerprint density at radius 3 is 2.40 bits per heavy atom. The molecule has 0 saturated carbocycles. The molecule has 0 unspecified atom stereocenters. The molecule has 1 rings (SSSR count). The summed E-state index contributed by atoms with van der Waals surface area (Å²) in [7, 11) is -3.36. The van der Waals surface area contributed by atoms with E-state index < -0.39 is 39.9 Å². The van der Waals surface area contributed by atoms with Gasteiger partial charge in [-0.15, -0.1) is 11.6 Å². The van der Waals surface area contributed by atoms with E-state index in [-0.39, 0.29) is 5.88 Å². The van der Waals surface area contributed by atoms with Crippen molar-refractivity contribution < 1.29 is 26.0 Å². The van der Waals surface area contributed by atoms with Crippen molar-refractivity contribution in [1.29, 1.82) is 0 Å². The highest BCUT2D eigenvalue weighted by atomic mass is 35.5. The van der Waals surface area contributed by atoms with Crippen molar-refractivity contribution in [3.63, 3.8) is 0 Å². The van der Waals surface area contributed by atoms with Crippen LogP contribution in [0.3, 0.4) is 0 Å². The molecule has 0 N–H and O–H groups in total. The minimum atomic E-state index is -4.49. The Morgan fingerprint density at radius 2 is 1.90 bits per heavy atom. The molecule has 0 heterocycles. The molecule has 9 heteroatoms. The van der Waals surface area contributed by atoms with Gasteiger partial charge in [0, 0.05) is 19.5 Å². The fourth-order valence-electron chi connectivity index (χ4n) is 1.40. The van der Waals surface area contributed by atoms with Crippen LogP contribution in [0, 0.1) is 5.82 Å². The smallest absolute Gasteiger partial charge is 0.207 e. The second-order valence-electron chi connectivity index (χ2n) is 4.09. The summed E-state index contributed by atoms with van der Waals surface area (Å²) in [5, 5.41) is 0. The van der Waals surface area contributed by atoms with Gasteiger partial charge in [0.2, 0.25) is 10.0 Å². The summed E-state index contributed by atoms with van der Waals surface area (Å²) >= 11 is 5.52. The normalized spacial score (nSPS) is 12.9. The Labute approximate surface area is 119 Å². The zero-order chi connectivity index (χ0) is 15.6. The summed E-state index contributed by atoms with van der Waals surface area (Å²) < 4.78 is 74.3. The third-order valence-electron chi connectivity index (χ3n) is 2.55. The van der Waals surface area contributed by atoms with Gasteiger partial charge in [-0.05, 0) is 17.7 Å². The van der Waals surface area contributed by atoms with E-state index in [2.05, 4.69) is 0 Å². The summed E-state index contributed by atoms with van der Waals surface area (Å²) in [6.45, 7) is -0.781. The average molecular weight is 334 g/mol. The lowest BCUT2D eigenvalue weighted by Gasteiger charge is -2.18. The first kappa shape index (κ1) is 17.2. The zero-order valence-corrected chi connectivity index (χ0v) is 12.0. The lowest BCUT2D eigenvalue weighted by atomic mass is 10.2. The maximum Gasteiger partial charge on any atom is 0.390 e. The minimum absolute atomic E-state index is 0.0327. The zero-order valence-electron chi connectivity index (χ0n) is 10.4. The van der Waals surface area contributed by atoms with Gasteiger partial charge in [-0.2, -0.15) is 13.2 Å². The van der Waals surface area contributed by atoms with Crippen LogP contribution in [0.4, 0.5) is 17.6 Å². The number of halogens is 5. The molecule has 0 spiro atoms. The minimum Gasteiger partial charge on any atom is -0.207 e. The van der Waals surface area contributed by atoms with Gasteiger partial charge in [-0.1, -0.05) is 6.07 Å². The van der Waals surface area contributed by atoms with Gasteiger partial charge in [-0.25, -0.2) is 17.1 Å². The third kappa shape index (κ3) is 4.32. The standard InChI is InChI=1S/C11H12ClF4NO2S/c1-17(5-4-11(14,15)16)20(18,19)10-6-8(7-12)2-3-9(10)13/h2-3,6H,4-5,7H2,1H3. The van der Waals surface area contributed by atoms with E-state index in [4.69, 9.17) is 11.6 Å². The Kier molecular flexibility index (Phi) is 5.39. The van der Waals surface area contributed by atoms with Crippen molar-refractivity contribution in [3.05, 3.63) is 29.6 Å². The first-order valence-corrected chi connectivity index (χ1v) is 7.43. The molecule has 0 radical (unpaired) electrons. The van der Waals surface area contributed by atoms with Gasteiger partial charge in [0.25, 0.3) is 0 Å². The van der Waals surface area contributed by atoms with E-state index in [1.807, 2.05) is 0 Å². The number of alkyl halides is 4. The highest BCUT2D eigenvalue weighted by molar-refractivity contribution is 7.89. The van der Waals surface area contributed by atoms with E-state index in [1.54, 1.807) is 0 Å². The lowest BCUT2D eigenvalue weighted by Crippen LogP contribution is -2.31. The number of benzene rings is 1. The van der Waals surface area contributed by atoms with Crippen molar-refractivity contribution in [2.45, 2.75) is 23.4 Å². The van der Waals surface area contributed by atoms with Crippen LogP contribution in [0.15, 0.2) is 23.1 Å². The fourth-order valence-corrected chi connectivity index (χ4v) is 2.85. The molecule has 0 aliphatic heterocycles. The maximum atomic E-state index is 13.6. The van der Waals surface area contributed by atoms with Crippen molar-refractivity contribution in [3.8, 4) is 0 Å². The van der Waals surface area contributed by atoms with E-state index in [0.29, 0.717) is 9.87 Å². The molecule has 0 aliphatic carbocycles. The Morgan fingerprint density at radius 1 is 1.30 bits per heavy atom. The second kappa shape index (κ2) is 6.28. The predicted molar refractivity (Wildman–Crippen MR) is 66.4 cm³/mol. The highest BCUT2D eigenvalue weighted by Crippen LogP contribution is 2.24. The van der Waals surface area contributed by atoms with Crippen molar-refractivity contribution in [1.82, 2.24) is 4.31 Å². The Bertz CT molecular complexity index is 574. The molecule has 0 amide bonds. The number of hydrogen-bond acceptors (Lipinski definition) is 2. The molecule has 114 valence electrons. The molecule has 0 bridgehead atoms. The van der Waals surface area contributed by atoms with Crippen LogP contribution in [-0.2, 0) is 15.9 Å². The summed E-state index contributed by atoms with van der Waals surface area (Å²) in [6, 6.07) is 3.24. The molecule has 0 aromatic heterocycles. The van der Waals surface area contributed by atoms with Gasteiger partial charge in [0.05, 0.1) is 6.42 Å². The number of rotatable bonds is 5. The van der Waals surface area contributed by atoms with Crippen molar-refractivity contribution in [2.75, 3.05) is 13.6 Å². The number of hydrogen-bond donors (Lipinski definition) is 0. The van der Waals surface area contributed by atoms with Crippen LogP contribution in [0.25, 0.3) is 0 Å². The van der Waals surface area contributed by atoms with Crippen LogP contribution < -0.4 is 0 Å². The molecular formula is C11H12ClF4NO2S. The molecule has 1 aromatic rings. The van der Waals surface area contributed by atoms with E-state index in [1.165, 1.54) is 6.07 Å².